The van der Waals surface area contributed by atoms with Crippen molar-refractivity contribution in [3.8, 4) is 5.75 Å². The van der Waals surface area contributed by atoms with E-state index >= 15 is 0 Å². The predicted molar refractivity (Wildman–Crippen MR) is 121 cm³/mol. The van der Waals surface area contributed by atoms with Crippen molar-refractivity contribution in [2.75, 3.05) is 6.61 Å². The molecular formula is C26H34O6. The third-order valence-corrected chi connectivity index (χ3v) is 8.27. The van der Waals surface area contributed by atoms with Gasteiger partial charge in [0, 0.05) is 35.8 Å². The van der Waals surface area contributed by atoms with E-state index in [4.69, 9.17) is 13.9 Å². The predicted octanol–water partition coefficient (Wildman–Crippen LogP) is 4.71. The Hall–Kier alpha value is -2.34. The third-order valence-electron chi connectivity index (χ3n) is 8.27. The van der Waals surface area contributed by atoms with E-state index < -0.39 is 11.2 Å². The van der Waals surface area contributed by atoms with Gasteiger partial charge in [0.25, 0.3) is 0 Å². The standard InChI is InChI=1S/C26H34O6/c1-16(27)31-22-11-12-25(4)20(24(22,2)3)10-13-26(5,29)21(25)15-30-18-8-6-17-7-9-23(28)32-19(17)14-18/h6-9,14,20-22,29H,10-13,15H2,1-5H3/t20-,21+,22+,25+,26+/m0/s1. The zero-order valence-electron chi connectivity index (χ0n) is 19.6. The van der Waals surface area contributed by atoms with Crippen LogP contribution in [0.5, 0.6) is 5.75 Å². The van der Waals surface area contributed by atoms with Crippen molar-refractivity contribution in [3.05, 3.63) is 40.8 Å². The van der Waals surface area contributed by atoms with E-state index in [0.29, 0.717) is 24.4 Å². The van der Waals surface area contributed by atoms with Gasteiger partial charge in [-0.15, -0.1) is 0 Å². The van der Waals surface area contributed by atoms with Crippen molar-refractivity contribution in [1.29, 1.82) is 0 Å². The Kier molecular flexibility index (Phi) is 5.64. The number of hydrogen-bond acceptors (Lipinski definition) is 6. The van der Waals surface area contributed by atoms with E-state index in [1.54, 1.807) is 12.1 Å². The van der Waals surface area contributed by atoms with Crippen molar-refractivity contribution in [1.82, 2.24) is 0 Å². The first-order valence-electron chi connectivity index (χ1n) is 11.5. The number of fused-ring (bicyclic) bond motifs is 2. The number of aliphatic hydroxyl groups is 1. The minimum atomic E-state index is -0.862. The zero-order chi connectivity index (χ0) is 23.3. The van der Waals surface area contributed by atoms with Gasteiger partial charge >= 0.3 is 11.6 Å². The highest BCUT2D eigenvalue weighted by Gasteiger charge is 2.61. The summed E-state index contributed by atoms with van der Waals surface area (Å²) in [5.41, 5.74) is -1.13. The Morgan fingerprint density at radius 3 is 2.56 bits per heavy atom. The summed E-state index contributed by atoms with van der Waals surface area (Å²) in [6, 6.07) is 8.59. The summed E-state index contributed by atoms with van der Waals surface area (Å²) in [6.45, 7) is 10.4. The maximum absolute atomic E-state index is 11.7. The van der Waals surface area contributed by atoms with Crippen LogP contribution in [0.3, 0.4) is 0 Å². The van der Waals surface area contributed by atoms with Gasteiger partial charge in [0.2, 0.25) is 0 Å². The zero-order valence-corrected chi connectivity index (χ0v) is 19.6. The van der Waals surface area contributed by atoms with Crippen LogP contribution in [0.15, 0.2) is 39.5 Å². The van der Waals surface area contributed by atoms with Gasteiger partial charge in [0.15, 0.2) is 0 Å². The van der Waals surface area contributed by atoms with Crippen molar-refractivity contribution in [2.45, 2.75) is 72.0 Å². The molecule has 0 amide bonds. The smallest absolute Gasteiger partial charge is 0.336 e. The quantitative estimate of drug-likeness (QED) is 0.545. The summed E-state index contributed by atoms with van der Waals surface area (Å²) < 4.78 is 17.2. The molecule has 6 nitrogen and oxygen atoms in total. The third kappa shape index (κ3) is 3.94. The molecule has 0 unspecified atom stereocenters. The molecule has 1 aromatic heterocycles. The molecule has 1 aromatic carbocycles. The Morgan fingerprint density at radius 1 is 1.12 bits per heavy atom. The molecule has 4 rings (SSSR count). The molecule has 2 aliphatic carbocycles. The van der Waals surface area contributed by atoms with E-state index in [9.17, 15) is 14.7 Å². The average molecular weight is 443 g/mol. The highest BCUT2D eigenvalue weighted by Crippen LogP contribution is 2.62. The molecule has 0 bridgehead atoms. The molecular weight excluding hydrogens is 408 g/mol. The van der Waals surface area contributed by atoms with Crippen LogP contribution in [0, 0.1) is 22.7 Å². The molecule has 32 heavy (non-hydrogen) atoms. The van der Waals surface area contributed by atoms with Crippen molar-refractivity contribution in [3.63, 3.8) is 0 Å². The van der Waals surface area contributed by atoms with Gasteiger partial charge in [-0.25, -0.2) is 4.79 Å². The number of carbonyl (C=O) groups excluding carboxylic acids is 1. The van der Waals surface area contributed by atoms with Crippen LogP contribution in [-0.2, 0) is 9.53 Å². The van der Waals surface area contributed by atoms with Crippen LogP contribution in [-0.4, -0.2) is 29.4 Å². The second-order valence-electron chi connectivity index (χ2n) is 10.7. The number of benzene rings is 1. The SMILES string of the molecule is CC(=O)O[C@@H]1CC[C@@]2(C)[C@@H](COc3ccc4ccc(=O)oc4c3)[C@](C)(O)CC[C@H]2C1(C)C. The molecule has 2 aliphatic rings. The number of hydrogen-bond donors (Lipinski definition) is 1. The normalized spacial score (nSPS) is 34.0. The maximum atomic E-state index is 11.7. The lowest BCUT2D eigenvalue weighted by Gasteiger charge is -2.62. The van der Waals surface area contributed by atoms with E-state index in [-0.39, 0.29) is 34.7 Å². The molecule has 2 fully saturated rings. The largest absolute Gasteiger partial charge is 0.493 e. The molecule has 1 heterocycles. The fourth-order valence-electron chi connectivity index (χ4n) is 6.59. The minimum Gasteiger partial charge on any atom is -0.493 e. The summed E-state index contributed by atoms with van der Waals surface area (Å²) in [7, 11) is 0. The first kappa shape index (κ1) is 22.8. The van der Waals surface area contributed by atoms with Gasteiger partial charge in [-0.3, -0.25) is 4.79 Å². The monoisotopic (exact) mass is 442 g/mol. The molecule has 0 aliphatic heterocycles. The maximum Gasteiger partial charge on any atom is 0.336 e. The number of rotatable bonds is 4. The van der Waals surface area contributed by atoms with Crippen molar-refractivity contribution < 1.29 is 23.8 Å². The van der Waals surface area contributed by atoms with Gasteiger partial charge in [0.1, 0.15) is 17.4 Å². The number of esters is 1. The molecule has 6 heteroatoms. The van der Waals surface area contributed by atoms with Crippen LogP contribution >= 0.6 is 0 Å². The lowest BCUT2D eigenvalue weighted by molar-refractivity contribution is -0.210. The first-order valence-corrected chi connectivity index (χ1v) is 11.5. The van der Waals surface area contributed by atoms with Crippen LogP contribution < -0.4 is 10.4 Å². The first-order chi connectivity index (χ1) is 14.9. The number of carbonyl (C=O) groups is 1. The highest BCUT2D eigenvalue weighted by atomic mass is 16.5. The Morgan fingerprint density at radius 2 is 1.84 bits per heavy atom. The second-order valence-corrected chi connectivity index (χ2v) is 10.7. The van der Waals surface area contributed by atoms with E-state index in [2.05, 4.69) is 20.8 Å². The van der Waals surface area contributed by atoms with Gasteiger partial charge < -0.3 is 19.0 Å². The van der Waals surface area contributed by atoms with Gasteiger partial charge in [-0.2, -0.15) is 0 Å². The summed E-state index contributed by atoms with van der Waals surface area (Å²) in [5, 5.41) is 12.2. The van der Waals surface area contributed by atoms with Gasteiger partial charge in [-0.05, 0) is 62.1 Å². The number of ether oxygens (including phenoxy) is 2. The molecule has 0 spiro atoms. The lowest BCUT2D eigenvalue weighted by atomic mass is 9.45. The Bertz CT molecular complexity index is 1070. The molecule has 0 radical (unpaired) electrons. The second kappa shape index (κ2) is 7.91. The van der Waals surface area contributed by atoms with Crippen LogP contribution in [0.4, 0.5) is 0 Å². The lowest BCUT2D eigenvalue weighted by Crippen LogP contribution is -2.62. The van der Waals surface area contributed by atoms with Gasteiger partial charge in [0.05, 0.1) is 12.2 Å². The molecule has 2 saturated carbocycles. The summed E-state index contributed by atoms with van der Waals surface area (Å²) >= 11 is 0. The van der Waals surface area contributed by atoms with E-state index in [0.717, 1.165) is 24.6 Å². The fraction of sp³-hybridized carbons (Fsp3) is 0.615. The summed E-state index contributed by atoms with van der Waals surface area (Å²) in [4.78, 5) is 23.2. The van der Waals surface area contributed by atoms with Gasteiger partial charge in [-0.1, -0.05) is 20.8 Å². The van der Waals surface area contributed by atoms with E-state index in [1.807, 2.05) is 19.1 Å². The van der Waals surface area contributed by atoms with Crippen LogP contribution in [0.2, 0.25) is 0 Å². The highest BCUT2D eigenvalue weighted by molar-refractivity contribution is 5.77. The minimum absolute atomic E-state index is 0.0928. The van der Waals surface area contributed by atoms with Crippen molar-refractivity contribution in [2.24, 2.45) is 22.7 Å². The molecule has 0 saturated heterocycles. The van der Waals surface area contributed by atoms with E-state index in [1.165, 1.54) is 13.0 Å². The topological polar surface area (TPSA) is 86.0 Å². The molecule has 2 aromatic rings. The average Bonchev–Trinajstić information content (AvgIpc) is 2.68. The fourth-order valence-corrected chi connectivity index (χ4v) is 6.59. The molecule has 1 N–H and O–H groups in total. The molecule has 5 atom stereocenters. The Balaban J connectivity index is 1.59. The molecule has 174 valence electrons. The van der Waals surface area contributed by atoms with Crippen LogP contribution in [0.1, 0.15) is 60.3 Å². The summed E-state index contributed by atoms with van der Waals surface area (Å²) in [6.07, 6.45) is 3.06. The van der Waals surface area contributed by atoms with Crippen molar-refractivity contribution >= 4 is 16.9 Å². The summed E-state index contributed by atoms with van der Waals surface area (Å²) in [5.74, 6) is 0.569. The van der Waals surface area contributed by atoms with Crippen LogP contribution in [0.25, 0.3) is 11.0 Å². The Labute approximate surface area is 188 Å².